The second-order valence-corrected chi connectivity index (χ2v) is 6.93. The van der Waals surface area contributed by atoms with Crippen molar-refractivity contribution >= 4 is 11.8 Å². The Labute approximate surface area is 116 Å². The maximum atomic E-state index is 5.98. The van der Waals surface area contributed by atoms with E-state index in [1.54, 1.807) is 0 Å². The lowest BCUT2D eigenvalue weighted by molar-refractivity contribution is 0.0817. The molecule has 0 spiro atoms. The molecule has 2 rings (SSSR count). The minimum absolute atomic E-state index is 0.544. The van der Waals surface area contributed by atoms with Crippen molar-refractivity contribution in [1.82, 2.24) is 4.90 Å². The van der Waals surface area contributed by atoms with Gasteiger partial charge >= 0.3 is 0 Å². The van der Waals surface area contributed by atoms with Crippen LogP contribution >= 0.6 is 11.8 Å². The Kier molecular flexibility index (Phi) is 6.29. The third kappa shape index (κ3) is 4.72. The number of hydrogen-bond acceptors (Lipinski definition) is 4. The second-order valence-electron chi connectivity index (χ2n) is 5.78. The van der Waals surface area contributed by atoms with E-state index >= 15 is 0 Å². The highest BCUT2D eigenvalue weighted by Gasteiger charge is 2.26. The van der Waals surface area contributed by atoms with Crippen molar-refractivity contribution in [2.75, 3.05) is 44.9 Å². The number of nitrogens with zero attached hydrogens (tertiary/aromatic N) is 1. The zero-order valence-electron chi connectivity index (χ0n) is 11.6. The van der Waals surface area contributed by atoms with Crippen molar-refractivity contribution < 1.29 is 4.74 Å². The van der Waals surface area contributed by atoms with Crippen molar-refractivity contribution in [3.63, 3.8) is 0 Å². The number of rotatable bonds is 8. The van der Waals surface area contributed by atoms with E-state index in [9.17, 15) is 0 Å². The Hall–Kier alpha value is 0.230. The summed E-state index contributed by atoms with van der Waals surface area (Å²) in [5.41, 5.74) is 5.98. The molecule has 1 aliphatic heterocycles. The van der Waals surface area contributed by atoms with E-state index in [1.807, 2.05) is 0 Å². The molecule has 1 aliphatic carbocycles. The average Bonchev–Trinajstić information content (AvgIpc) is 3.21. The van der Waals surface area contributed by atoms with Crippen molar-refractivity contribution in [3.8, 4) is 0 Å². The molecule has 0 aromatic heterocycles. The number of hydrogen-bond donors (Lipinski definition) is 1. The lowest BCUT2D eigenvalue weighted by Gasteiger charge is -2.35. The van der Waals surface area contributed by atoms with Crippen LogP contribution < -0.4 is 5.73 Å². The normalized spacial score (nSPS) is 26.5. The topological polar surface area (TPSA) is 38.5 Å². The number of ether oxygens (including phenoxy) is 1. The summed E-state index contributed by atoms with van der Waals surface area (Å²) in [6.07, 6.45) is 5.46. The summed E-state index contributed by atoms with van der Waals surface area (Å²) in [5.74, 6) is 4.27. The van der Waals surface area contributed by atoms with Gasteiger partial charge in [-0.2, -0.15) is 11.8 Å². The van der Waals surface area contributed by atoms with Crippen molar-refractivity contribution in [1.29, 1.82) is 0 Å². The molecule has 18 heavy (non-hydrogen) atoms. The Morgan fingerprint density at radius 3 is 2.83 bits per heavy atom. The van der Waals surface area contributed by atoms with E-state index in [1.165, 1.54) is 37.2 Å². The summed E-state index contributed by atoms with van der Waals surface area (Å²) in [6, 6.07) is 0.544. The van der Waals surface area contributed by atoms with E-state index < -0.39 is 0 Å². The molecule has 2 fully saturated rings. The number of thioether (sulfide) groups is 1. The third-order valence-corrected chi connectivity index (χ3v) is 5.43. The fourth-order valence-electron chi connectivity index (χ4n) is 2.71. The van der Waals surface area contributed by atoms with Gasteiger partial charge in [0, 0.05) is 25.7 Å². The Bertz CT molecular complexity index is 230. The predicted molar refractivity (Wildman–Crippen MR) is 79.1 cm³/mol. The molecular formula is C14H28N2OS. The van der Waals surface area contributed by atoms with Gasteiger partial charge in [-0.1, -0.05) is 0 Å². The summed E-state index contributed by atoms with van der Waals surface area (Å²) >= 11 is 2.09. The van der Waals surface area contributed by atoms with Crippen LogP contribution in [0.5, 0.6) is 0 Å². The van der Waals surface area contributed by atoms with Gasteiger partial charge in [0.25, 0.3) is 0 Å². The quantitative estimate of drug-likeness (QED) is 0.684. The molecule has 0 aromatic carbocycles. The highest BCUT2D eigenvalue weighted by Crippen LogP contribution is 2.29. The molecule has 0 bridgehead atoms. The third-order valence-electron chi connectivity index (χ3n) is 4.19. The van der Waals surface area contributed by atoms with Gasteiger partial charge in [-0.3, -0.25) is 4.90 Å². The van der Waals surface area contributed by atoms with Crippen LogP contribution in [0.2, 0.25) is 0 Å². The zero-order chi connectivity index (χ0) is 12.8. The summed E-state index contributed by atoms with van der Waals surface area (Å²) < 4.78 is 5.72. The Balaban J connectivity index is 1.64. The molecule has 1 saturated carbocycles. The molecular weight excluding hydrogens is 244 g/mol. The molecule has 2 unspecified atom stereocenters. The first kappa shape index (κ1) is 14.6. The maximum absolute atomic E-state index is 5.98. The summed E-state index contributed by atoms with van der Waals surface area (Å²) in [7, 11) is 2.21. The van der Waals surface area contributed by atoms with Crippen molar-refractivity contribution in [2.24, 2.45) is 17.6 Å². The van der Waals surface area contributed by atoms with Gasteiger partial charge in [-0.05, 0) is 56.1 Å². The largest absolute Gasteiger partial charge is 0.380 e. The minimum atomic E-state index is 0.544. The van der Waals surface area contributed by atoms with E-state index in [4.69, 9.17) is 10.5 Å². The fraction of sp³-hybridized carbons (Fsp3) is 1.00. The van der Waals surface area contributed by atoms with Crippen LogP contribution in [0.15, 0.2) is 0 Å². The predicted octanol–water partition coefficient (Wildman–Crippen LogP) is 1.82. The summed E-state index contributed by atoms with van der Waals surface area (Å²) in [6.45, 7) is 3.64. The average molecular weight is 272 g/mol. The van der Waals surface area contributed by atoms with Gasteiger partial charge in [0.05, 0.1) is 6.61 Å². The second kappa shape index (κ2) is 7.73. The van der Waals surface area contributed by atoms with Gasteiger partial charge in [-0.15, -0.1) is 0 Å². The molecule has 1 heterocycles. The molecule has 2 atom stereocenters. The number of likely N-dealkylation sites (N-methyl/N-ethyl adjacent to an activating group) is 1. The van der Waals surface area contributed by atoms with Gasteiger partial charge in [0.15, 0.2) is 0 Å². The van der Waals surface area contributed by atoms with Crippen molar-refractivity contribution in [3.05, 3.63) is 0 Å². The van der Waals surface area contributed by atoms with Crippen LogP contribution in [0, 0.1) is 11.8 Å². The first-order valence-corrected chi connectivity index (χ1v) is 8.52. The van der Waals surface area contributed by atoms with Crippen LogP contribution in [0.25, 0.3) is 0 Å². The number of nitrogens with two attached hydrogens (primary N) is 1. The van der Waals surface area contributed by atoms with E-state index in [0.717, 1.165) is 38.1 Å². The maximum Gasteiger partial charge on any atom is 0.0593 e. The minimum Gasteiger partial charge on any atom is -0.380 e. The lowest BCUT2D eigenvalue weighted by atomic mass is 9.95. The summed E-state index contributed by atoms with van der Waals surface area (Å²) in [4.78, 5) is 2.42. The highest BCUT2D eigenvalue weighted by atomic mass is 32.2. The molecule has 1 saturated heterocycles. The highest BCUT2D eigenvalue weighted by molar-refractivity contribution is 7.99. The van der Waals surface area contributed by atoms with Gasteiger partial charge in [0.1, 0.15) is 0 Å². The Morgan fingerprint density at radius 2 is 2.22 bits per heavy atom. The van der Waals surface area contributed by atoms with E-state index in [-0.39, 0.29) is 0 Å². The van der Waals surface area contributed by atoms with Crippen LogP contribution in [0.1, 0.15) is 25.7 Å². The van der Waals surface area contributed by atoms with E-state index in [2.05, 4.69) is 23.7 Å². The first-order valence-electron chi connectivity index (χ1n) is 7.37. The van der Waals surface area contributed by atoms with Crippen molar-refractivity contribution in [2.45, 2.75) is 31.7 Å². The lowest BCUT2D eigenvalue weighted by Crippen LogP contribution is -2.46. The van der Waals surface area contributed by atoms with Crippen LogP contribution in [-0.2, 0) is 4.74 Å². The molecule has 0 radical (unpaired) electrons. The first-order chi connectivity index (χ1) is 8.81. The van der Waals surface area contributed by atoms with Gasteiger partial charge < -0.3 is 10.5 Å². The molecule has 0 aromatic rings. The zero-order valence-corrected chi connectivity index (χ0v) is 12.5. The Morgan fingerprint density at radius 1 is 1.39 bits per heavy atom. The standard InChI is InChI=1S/C14H28N2OS/c1-16(6-7-17-10-12-4-5-12)14(9-15)13-3-2-8-18-11-13/h12-14H,2-11,15H2,1H3. The molecule has 3 nitrogen and oxygen atoms in total. The molecule has 0 amide bonds. The molecule has 2 aliphatic rings. The van der Waals surface area contributed by atoms with Crippen LogP contribution in [-0.4, -0.2) is 55.8 Å². The summed E-state index contributed by atoms with van der Waals surface area (Å²) in [5, 5.41) is 0. The molecule has 4 heteroatoms. The van der Waals surface area contributed by atoms with E-state index in [0.29, 0.717) is 6.04 Å². The van der Waals surface area contributed by atoms with Gasteiger partial charge in [0.2, 0.25) is 0 Å². The molecule has 2 N–H and O–H groups in total. The van der Waals surface area contributed by atoms with Gasteiger partial charge in [-0.25, -0.2) is 0 Å². The van der Waals surface area contributed by atoms with Crippen LogP contribution in [0.3, 0.4) is 0 Å². The SMILES string of the molecule is CN(CCOCC1CC1)C(CN)C1CCCSC1. The molecule has 106 valence electrons. The monoisotopic (exact) mass is 272 g/mol. The van der Waals surface area contributed by atoms with Crippen LogP contribution in [0.4, 0.5) is 0 Å². The smallest absolute Gasteiger partial charge is 0.0593 e. The fourth-order valence-corrected chi connectivity index (χ4v) is 3.94.